The number of likely N-dealkylation sites (tertiary alicyclic amines) is 1. The van der Waals surface area contributed by atoms with Crippen LogP contribution in [0.2, 0.25) is 0 Å². The minimum atomic E-state index is -0.791. The van der Waals surface area contributed by atoms with Gasteiger partial charge in [-0.05, 0) is 51.0 Å². The topological polar surface area (TPSA) is 58.6 Å². The maximum absolute atomic E-state index is 13.1. The highest BCUT2D eigenvalue weighted by Gasteiger charge is 2.47. The number of hydrogen-bond donors (Lipinski definition) is 1. The fraction of sp³-hybridized carbons (Fsp3) is 0.619. The Morgan fingerprint density at radius 3 is 2.65 bits per heavy atom. The first-order chi connectivity index (χ1) is 12.4. The molecule has 1 atom stereocenters. The summed E-state index contributed by atoms with van der Waals surface area (Å²) in [5.41, 5.74) is 0.136. The predicted molar refractivity (Wildman–Crippen MR) is 101 cm³/mol. The second-order valence-electron chi connectivity index (χ2n) is 8.00. The van der Waals surface area contributed by atoms with Crippen LogP contribution in [0.1, 0.15) is 57.9 Å². The summed E-state index contributed by atoms with van der Waals surface area (Å²) in [6, 6.07) is 7.91. The van der Waals surface area contributed by atoms with Crippen LogP contribution in [0.4, 0.5) is 0 Å². The van der Waals surface area contributed by atoms with Crippen LogP contribution in [-0.2, 0) is 16.1 Å². The van der Waals surface area contributed by atoms with E-state index in [-0.39, 0.29) is 17.9 Å². The lowest BCUT2D eigenvalue weighted by Gasteiger charge is -2.36. The summed E-state index contributed by atoms with van der Waals surface area (Å²) in [5, 5.41) is 3.22. The van der Waals surface area contributed by atoms with E-state index >= 15 is 0 Å². The van der Waals surface area contributed by atoms with Gasteiger partial charge in [-0.2, -0.15) is 0 Å². The zero-order valence-electron chi connectivity index (χ0n) is 16.1. The Kier molecular flexibility index (Phi) is 5.54. The standard InChI is InChI=1S/C21H30N2O3/c1-15-8-10-17(11-9-15)22-20(25)21(2)13-12-19(24)23(21)14-16-6-4-5-7-18(16)26-3/h4-7,15,17H,8-14H2,1-3H3,(H,22,25). The van der Waals surface area contributed by atoms with E-state index in [0.29, 0.717) is 19.4 Å². The summed E-state index contributed by atoms with van der Waals surface area (Å²) >= 11 is 0. The van der Waals surface area contributed by atoms with E-state index in [9.17, 15) is 9.59 Å². The second-order valence-corrected chi connectivity index (χ2v) is 8.00. The van der Waals surface area contributed by atoms with E-state index in [1.165, 1.54) is 0 Å². The van der Waals surface area contributed by atoms with Gasteiger partial charge in [-0.1, -0.05) is 25.1 Å². The number of carbonyl (C=O) groups is 2. The average Bonchev–Trinajstić information content (AvgIpc) is 2.94. The van der Waals surface area contributed by atoms with Gasteiger partial charge in [-0.15, -0.1) is 0 Å². The van der Waals surface area contributed by atoms with E-state index in [4.69, 9.17) is 4.74 Å². The van der Waals surface area contributed by atoms with Gasteiger partial charge in [0.1, 0.15) is 11.3 Å². The fourth-order valence-corrected chi connectivity index (χ4v) is 4.14. The molecule has 3 rings (SSSR count). The largest absolute Gasteiger partial charge is 0.496 e. The van der Waals surface area contributed by atoms with Crippen molar-refractivity contribution in [2.24, 2.45) is 5.92 Å². The molecule has 26 heavy (non-hydrogen) atoms. The first kappa shape index (κ1) is 18.7. The van der Waals surface area contributed by atoms with Gasteiger partial charge in [-0.3, -0.25) is 9.59 Å². The lowest BCUT2D eigenvalue weighted by molar-refractivity contribution is -0.141. The Morgan fingerprint density at radius 2 is 1.96 bits per heavy atom. The molecule has 1 N–H and O–H groups in total. The Labute approximate surface area is 156 Å². The monoisotopic (exact) mass is 358 g/mol. The van der Waals surface area contributed by atoms with Gasteiger partial charge in [0, 0.05) is 18.0 Å². The number of benzene rings is 1. The lowest BCUT2D eigenvalue weighted by atomic mass is 9.86. The molecule has 0 aromatic heterocycles. The number of para-hydroxylation sites is 1. The molecule has 1 saturated heterocycles. The third kappa shape index (κ3) is 3.71. The van der Waals surface area contributed by atoms with Gasteiger partial charge >= 0.3 is 0 Å². The number of methoxy groups -OCH3 is 1. The van der Waals surface area contributed by atoms with Crippen molar-refractivity contribution in [1.82, 2.24) is 10.2 Å². The highest BCUT2D eigenvalue weighted by atomic mass is 16.5. The molecule has 2 amide bonds. The number of rotatable bonds is 5. The van der Waals surface area contributed by atoms with Crippen LogP contribution >= 0.6 is 0 Å². The molecule has 1 unspecified atom stereocenters. The van der Waals surface area contributed by atoms with Gasteiger partial charge in [0.05, 0.1) is 13.7 Å². The SMILES string of the molecule is COc1ccccc1CN1C(=O)CCC1(C)C(=O)NC1CCC(C)CC1. The third-order valence-corrected chi connectivity index (χ3v) is 6.08. The summed E-state index contributed by atoms with van der Waals surface area (Å²) in [6.45, 7) is 4.56. The quantitative estimate of drug-likeness (QED) is 0.879. The molecule has 1 heterocycles. The van der Waals surface area contributed by atoms with Crippen molar-refractivity contribution >= 4 is 11.8 Å². The van der Waals surface area contributed by atoms with E-state index < -0.39 is 5.54 Å². The van der Waals surface area contributed by atoms with Crippen LogP contribution in [0.3, 0.4) is 0 Å². The number of ether oxygens (including phenoxy) is 1. The molecule has 0 bridgehead atoms. The maximum Gasteiger partial charge on any atom is 0.245 e. The van der Waals surface area contributed by atoms with Crippen LogP contribution in [0.25, 0.3) is 0 Å². The van der Waals surface area contributed by atoms with Crippen molar-refractivity contribution in [3.8, 4) is 5.75 Å². The molecule has 1 saturated carbocycles. The van der Waals surface area contributed by atoms with Crippen molar-refractivity contribution in [2.75, 3.05) is 7.11 Å². The smallest absolute Gasteiger partial charge is 0.245 e. The number of carbonyl (C=O) groups excluding carboxylic acids is 2. The molecule has 1 aliphatic heterocycles. The Bertz CT molecular complexity index is 667. The van der Waals surface area contributed by atoms with Crippen LogP contribution in [0.5, 0.6) is 5.75 Å². The summed E-state index contributed by atoms with van der Waals surface area (Å²) in [6.07, 6.45) is 5.36. The van der Waals surface area contributed by atoms with Gasteiger partial charge in [-0.25, -0.2) is 0 Å². The van der Waals surface area contributed by atoms with E-state index in [2.05, 4.69) is 12.2 Å². The number of nitrogens with zero attached hydrogens (tertiary/aromatic N) is 1. The first-order valence-corrected chi connectivity index (χ1v) is 9.67. The molecule has 5 nitrogen and oxygen atoms in total. The molecule has 0 spiro atoms. The van der Waals surface area contributed by atoms with Crippen LogP contribution in [0, 0.1) is 5.92 Å². The van der Waals surface area contributed by atoms with Crippen molar-refractivity contribution in [1.29, 1.82) is 0 Å². The van der Waals surface area contributed by atoms with Gasteiger partial charge in [0.2, 0.25) is 11.8 Å². The first-order valence-electron chi connectivity index (χ1n) is 9.67. The fourth-order valence-electron chi connectivity index (χ4n) is 4.14. The lowest BCUT2D eigenvalue weighted by Crippen LogP contribution is -2.56. The minimum Gasteiger partial charge on any atom is -0.496 e. The molecule has 2 fully saturated rings. The molecule has 1 aromatic rings. The van der Waals surface area contributed by atoms with Crippen molar-refractivity contribution in [3.05, 3.63) is 29.8 Å². The summed E-state index contributed by atoms with van der Waals surface area (Å²) in [7, 11) is 1.63. The highest BCUT2D eigenvalue weighted by Crippen LogP contribution is 2.34. The Hall–Kier alpha value is -2.04. The summed E-state index contributed by atoms with van der Waals surface area (Å²) in [4.78, 5) is 27.3. The molecular weight excluding hydrogens is 328 g/mol. The molecule has 1 aromatic carbocycles. The second kappa shape index (κ2) is 7.68. The van der Waals surface area contributed by atoms with Gasteiger partial charge < -0.3 is 15.0 Å². The molecule has 0 radical (unpaired) electrons. The van der Waals surface area contributed by atoms with Crippen LogP contribution < -0.4 is 10.1 Å². The molecule has 5 heteroatoms. The van der Waals surface area contributed by atoms with Crippen molar-refractivity contribution in [2.45, 2.75) is 70.5 Å². The minimum absolute atomic E-state index is 0.0159. The van der Waals surface area contributed by atoms with E-state index in [0.717, 1.165) is 42.9 Å². The average molecular weight is 358 g/mol. The van der Waals surface area contributed by atoms with Crippen molar-refractivity contribution < 1.29 is 14.3 Å². The third-order valence-electron chi connectivity index (χ3n) is 6.08. The summed E-state index contributed by atoms with van der Waals surface area (Å²) < 4.78 is 5.41. The Morgan fingerprint density at radius 1 is 1.27 bits per heavy atom. The van der Waals surface area contributed by atoms with Gasteiger partial charge in [0.15, 0.2) is 0 Å². The molecule has 142 valence electrons. The number of hydrogen-bond acceptors (Lipinski definition) is 3. The predicted octanol–water partition coefficient (Wildman–Crippen LogP) is 3.27. The normalized spacial score (nSPS) is 28.9. The van der Waals surface area contributed by atoms with Gasteiger partial charge in [0.25, 0.3) is 0 Å². The van der Waals surface area contributed by atoms with E-state index in [1.54, 1.807) is 12.0 Å². The van der Waals surface area contributed by atoms with Crippen LogP contribution in [-0.4, -0.2) is 35.4 Å². The maximum atomic E-state index is 13.1. The molecule has 1 aliphatic carbocycles. The van der Waals surface area contributed by atoms with E-state index in [1.807, 2.05) is 31.2 Å². The number of amides is 2. The molecular formula is C21H30N2O3. The molecule has 2 aliphatic rings. The number of nitrogens with one attached hydrogen (secondary N) is 1. The van der Waals surface area contributed by atoms with Crippen molar-refractivity contribution in [3.63, 3.8) is 0 Å². The Balaban J connectivity index is 1.73. The highest BCUT2D eigenvalue weighted by molar-refractivity contribution is 5.94. The van der Waals surface area contributed by atoms with Crippen LogP contribution in [0.15, 0.2) is 24.3 Å². The summed E-state index contributed by atoms with van der Waals surface area (Å²) in [5.74, 6) is 1.51. The zero-order valence-corrected chi connectivity index (χ0v) is 16.1. The zero-order chi connectivity index (χ0) is 18.7.